The zero-order chi connectivity index (χ0) is 24.9. The van der Waals surface area contributed by atoms with Crippen molar-refractivity contribution in [2.75, 3.05) is 11.5 Å². The van der Waals surface area contributed by atoms with Crippen LogP contribution in [-0.4, -0.2) is 29.0 Å². The number of barbiturate groups is 1. The first kappa shape index (κ1) is 24.0. The number of carbonyl (C=O) groups is 3. The molecule has 2 aromatic carbocycles. The summed E-state index contributed by atoms with van der Waals surface area (Å²) in [6.45, 7) is 6.46. The summed E-state index contributed by atoms with van der Waals surface area (Å²) in [7, 11) is 0. The summed E-state index contributed by atoms with van der Waals surface area (Å²) in [5.41, 5.74) is 2.60. The molecule has 1 saturated heterocycles. The quantitative estimate of drug-likeness (QED) is 0.276. The first-order valence-corrected chi connectivity index (χ1v) is 11.4. The molecule has 4 amide bonds. The third-order valence-corrected chi connectivity index (χ3v) is 6.01. The first-order chi connectivity index (χ1) is 16.9. The van der Waals surface area contributed by atoms with Gasteiger partial charge in [-0.05, 0) is 60.9 Å². The van der Waals surface area contributed by atoms with Gasteiger partial charge in [0.2, 0.25) is 0 Å². The van der Waals surface area contributed by atoms with Gasteiger partial charge in [0.25, 0.3) is 11.8 Å². The summed E-state index contributed by atoms with van der Waals surface area (Å²) in [6, 6.07) is 15.4. The topological polar surface area (TPSA) is 80.6 Å². The Kier molecular flexibility index (Phi) is 7.17. The van der Waals surface area contributed by atoms with E-state index >= 15 is 0 Å². The van der Waals surface area contributed by atoms with Crippen molar-refractivity contribution in [3.8, 4) is 5.75 Å². The Morgan fingerprint density at radius 3 is 2.66 bits per heavy atom. The number of benzene rings is 2. The van der Waals surface area contributed by atoms with Crippen LogP contribution in [-0.2, 0) is 22.6 Å². The van der Waals surface area contributed by atoms with Crippen molar-refractivity contribution in [3.63, 3.8) is 0 Å². The number of anilines is 1. The number of rotatable bonds is 8. The molecule has 7 nitrogen and oxygen atoms in total. The van der Waals surface area contributed by atoms with Crippen LogP contribution in [0.1, 0.15) is 16.8 Å². The number of hydrogen-bond acceptors (Lipinski definition) is 4. The largest absolute Gasteiger partial charge is 0.491 e. The van der Waals surface area contributed by atoms with Crippen molar-refractivity contribution in [2.45, 2.75) is 19.9 Å². The van der Waals surface area contributed by atoms with E-state index in [0.717, 1.165) is 21.8 Å². The lowest BCUT2D eigenvalue weighted by molar-refractivity contribution is -0.122. The van der Waals surface area contributed by atoms with E-state index in [-0.39, 0.29) is 11.3 Å². The molecule has 3 aromatic rings. The second-order valence-electron chi connectivity index (χ2n) is 7.97. The molecule has 1 aliphatic rings. The van der Waals surface area contributed by atoms with Crippen LogP contribution >= 0.6 is 11.6 Å². The van der Waals surface area contributed by atoms with E-state index in [1.165, 1.54) is 12.1 Å². The van der Waals surface area contributed by atoms with E-state index in [9.17, 15) is 14.4 Å². The maximum Gasteiger partial charge on any atom is 0.335 e. The minimum Gasteiger partial charge on any atom is -0.491 e. The number of aryl methyl sites for hydroxylation is 1. The number of urea groups is 1. The minimum absolute atomic E-state index is 0.154. The lowest BCUT2D eigenvalue weighted by Crippen LogP contribution is -2.54. The number of nitrogens with zero attached hydrogens (tertiary/aromatic N) is 2. The average Bonchev–Trinajstić information content (AvgIpc) is 3.27. The van der Waals surface area contributed by atoms with Crippen LogP contribution < -0.4 is 15.0 Å². The predicted octanol–water partition coefficient (Wildman–Crippen LogP) is 4.92. The van der Waals surface area contributed by atoms with Crippen molar-refractivity contribution in [1.82, 2.24) is 9.88 Å². The molecule has 4 rings (SSSR count). The van der Waals surface area contributed by atoms with E-state index in [2.05, 4.69) is 11.9 Å². The van der Waals surface area contributed by atoms with Crippen LogP contribution in [0.3, 0.4) is 0 Å². The van der Waals surface area contributed by atoms with Gasteiger partial charge < -0.3 is 9.30 Å². The molecule has 0 unspecified atom stereocenters. The van der Waals surface area contributed by atoms with Crippen LogP contribution in [0, 0.1) is 6.92 Å². The van der Waals surface area contributed by atoms with Gasteiger partial charge in [-0.3, -0.25) is 14.9 Å². The second kappa shape index (κ2) is 10.4. The molecule has 2 heterocycles. The van der Waals surface area contributed by atoms with Gasteiger partial charge in [0, 0.05) is 16.9 Å². The van der Waals surface area contributed by atoms with Gasteiger partial charge in [0.15, 0.2) is 0 Å². The van der Waals surface area contributed by atoms with E-state index < -0.39 is 17.8 Å². The third kappa shape index (κ3) is 5.20. The maximum atomic E-state index is 13.2. The molecule has 8 heteroatoms. The van der Waals surface area contributed by atoms with Crippen LogP contribution in [0.2, 0.25) is 5.02 Å². The van der Waals surface area contributed by atoms with E-state index in [4.69, 9.17) is 16.3 Å². The Morgan fingerprint density at radius 1 is 1.09 bits per heavy atom. The molecule has 0 spiro atoms. The number of para-hydroxylation sites is 1. The summed E-state index contributed by atoms with van der Waals surface area (Å²) >= 11 is 6.18. The number of imide groups is 2. The lowest BCUT2D eigenvalue weighted by atomic mass is 10.1. The zero-order valence-electron chi connectivity index (χ0n) is 19.2. The number of carbonyl (C=O) groups excluding carboxylic acids is 3. The van der Waals surface area contributed by atoms with Crippen molar-refractivity contribution >= 4 is 41.2 Å². The molecular weight excluding hydrogens is 466 g/mol. The van der Waals surface area contributed by atoms with E-state index in [1.54, 1.807) is 18.2 Å². The van der Waals surface area contributed by atoms with Crippen LogP contribution in [0.15, 0.2) is 79.0 Å². The van der Waals surface area contributed by atoms with Gasteiger partial charge in [0.05, 0.1) is 12.2 Å². The van der Waals surface area contributed by atoms with Crippen molar-refractivity contribution in [3.05, 3.63) is 101 Å². The molecule has 0 radical (unpaired) electrons. The third-order valence-electron chi connectivity index (χ3n) is 5.60. The highest BCUT2D eigenvalue weighted by Gasteiger charge is 2.37. The highest BCUT2D eigenvalue weighted by atomic mass is 35.5. The summed E-state index contributed by atoms with van der Waals surface area (Å²) in [4.78, 5) is 39.1. The van der Waals surface area contributed by atoms with Gasteiger partial charge >= 0.3 is 6.03 Å². The zero-order valence-corrected chi connectivity index (χ0v) is 19.9. The molecule has 0 atom stereocenters. The molecule has 178 valence electrons. The normalized spacial score (nSPS) is 14.9. The van der Waals surface area contributed by atoms with Gasteiger partial charge in [-0.2, -0.15) is 0 Å². The highest BCUT2D eigenvalue weighted by Crippen LogP contribution is 2.27. The second-order valence-corrected chi connectivity index (χ2v) is 8.37. The van der Waals surface area contributed by atoms with Gasteiger partial charge in [-0.1, -0.05) is 41.9 Å². The smallest absolute Gasteiger partial charge is 0.335 e. The summed E-state index contributed by atoms with van der Waals surface area (Å²) < 4.78 is 7.83. The van der Waals surface area contributed by atoms with E-state index in [0.29, 0.717) is 30.3 Å². The number of aromatic nitrogens is 1. The van der Waals surface area contributed by atoms with Gasteiger partial charge in [-0.15, -0.1) is 6.58 Å². The Bertz CT molecular complexity index is 1340. The standard InChI is InChI=1S/C27H24ClN3O4/c1-3-7-19-8-4-5-10-24(19)35-15-14-30-13-6-9-20(30)16-22-25(32)29-27(34)31(26(22)33)21-12-11-18(2)23(28)17-21/h3-6,8-13,16-17H,1,7,14-15H2,2H3,(H,29,32,34)/b22-16+. The van der Waals surface area contributed by atoms with Crippen molar-refractivity contribution < 1.29 is 19.1 Å². The van der Waals surface area contributed by atoms with Gasteiger partial charge in [-0.25, -0.2) is 9.69 Å². The molecule has 0 aliphatic carbocycles. The molecule has 1 aliphatic heterocycles. The summed E-state index contributed by atoms with van der Waals surface area (Å²) in [5, 5.41) is 2.64. The number of halogens is 1. The van der Waals surface area contributed by atoms with Crippen LogP contribution in [0.25, 0.3) is 6.08 Å². The van der Waals surface area contributed by atoms with Crippen LogP contribution in [0.4, 0.5) is 10.5 Å². The SMILES string of the molecule is C=CCc1ccccc1OCCn1cccc1/C=C1\C(=O)NC(=O)N(c2ccc(C)c(Cl)c2)C1=O. The Balaban J connectivity index is 1.53. The fourth-order valence-corrected chi connectivity index (χ4v) is 3.92. The maximum absolute atomic E-state index is 13.2. The lowest BCUT2D eigenvalue weighted by Gasteiger charge is -2.26. The fourth-order valence-electron chi connectivity index (χ4n) is 3.75. The molecular formula is C27H24ClN3O4. The number of allylic oxidation sites excluding steroid dienone is 1. The summed E-state index contributed by atoms with van der Waals surface area (Å²) in [5.74, 6) is -0.690. The first-order valence-electron chi connectivity index (χ1n) is 11.0. The molecule has 1 aromatic heterocycles. The molecule has 1 N–H and O–H groups in total. The Labute approximate surface area is 208 Å². The number of hydrogen-bond donors (Lipinski definition) is 1. The number of nitrogens with one attached hydrogen (secondary N) is 1. The predicted molar refractivity (Wildman–Crippen MR) is 135 cm³/mol. The van der Waals surface area contributed by atoms with E-state index in [1.807, 2.05) is 54.1 Å². The monoisotopic (exact) mass is 489 g/mol. The molecule has 1 fully saturated rings. The van der Waals surface area contributed by atoms with Crippen molar-refractivity contribution in [1.29, 1.82) is 0 Å². The Hall–Kier alpha value is -4.10. The van der Waals surface area contributed by atoms with Gasteiger partial charge in [0.1, 0.15) is 17.9 Å². The molecule has 35 heavy (non-hydrogen) atoms. The molecule has 0 saturated carbocycles. The fraction of sp³-hybridized carbons (Fsp3) is 0.148. The molecule has 0 bridgehead atoms. The Morgan fingerprint density at radius 2 is 1.89 bits per heavy atom. The van der Waals surface area contributed by atoms with Crippen molar-refractivity contribution in [2.24, 2.45) is 0 Å². The highest BCUT2D eigenvalue weighted by molar-refractivity contribution is 6.39. The minimum atomic E-state index is -0.820. The number of ether oxygens (including phenoxy) is 1. The van der Waals surface area contributed by atoms with Crippen LogP contribution in [0.5, 0.6) is 5.75 Å². The average molecular weight is 490 g/mol. The number of amides is 4. The summed E-state index contributed by atoms with van der Waals surface area (Å²) in [6.07, 6.45) is 5.83.